The molecule has 0 aliphatic heterocycles. The number of hydrogen-bond donors (Lipinski definition) is 0. The Labute approximate surface area is 107 Å². The highest BCUT2D eigenvalue weighted by molar-refractivity contribution is 14.1. The van der Waals surface area contributed by atoms with Crippen LogP contribution in [0.5, 0.6) is 0 Å². The average molecular weight is 359 g/mol. The molecule has 1 aromatic carbocycles. The lowest BCUT2D eigenvalue weighted by atomic mass is 10.1. The van der Waals surface area contributed by atoms with E-state index in [1.165, 1.54) is 6.07 Å². The van der Waals surface area contributed by atoms with E-state index >= 15 is 0 Å². The van der Waals surface area contributed by atoms with Crippen molar-refractivity contribution in [2.45, 2.75) is 6.18 Å². The summed E-state index contributed by atoms with van der Waals surface area (Å²) in [6.07, 6.45) is -4.63. The zero-order valence-electron chi connectivity index (χ0n) is 7.40. The molecule has 7 heteroatoms. The molecule has 0 aromatic heterocycles. The van der Waals surface area contributed by atoms with Gasteiger partial charge in [0.15, 0.2) is 0 Å². The SMILES string of the molecule is N#Cc1cc(C(=O)Cl)c(I)cc1C(F)(F)F. The van der Waals surface area contributed by atoms with Gasteiger partial charge in [-0.15, -0.1) is 0 Å². The molecule has 84 valence electrons. The van der Waals surface area contributed by atoms with Crippen molar-refractivity contribution in [1.29, 1.82) is 5.26 Å². The number of rotatable bonds is 1. The fourth-order valence-electron chi connectivity index (χ4n) is 1.05. The lowest BCUT2D eigenvalue weighted by molar-refractivity contribution is -0.137. The summed E-state index contributed by atoms with van der Waals surface area (Å²) in [4.78, 5) is 10.9. The van der Waals surface area contributed by atoms with Crippen LogP contribution in [0.25, 0.3) is 0 Å². The summed E-state index contributed by atoms with van der Waals surface area (Å²) >= 11 is 6.73. The molecule has 0 saturated heterocycles. The quantitative estimate of drug-likeness (QED) is 0.568. The zero-order chi connectivity index (χ0) is 12.5. The van der Waals surface area contributed by atoms with Crippen LogP contribution < -0.4 is 0 Å². The van der Waals surface area contributed by atoms with Crippen LogP contribution in [0.1, 0.15) is 21.5 Å². The number of nitriles is 1. The molecule has 16 heavy (non-hydrogen) atoms. The van der Waals surface area contributed by atoms with Crippen LogP contribution in [-0.4, -0.2) is 5.24 Å². The molecule has 0 fully saturated rings. The van der Waals surface area contributed by atoms with Gasteiger partial charge in [0.2, 0.25) is 0 Å². The van der Waals surface area contributed by atoms with Crippen molar-refractivity contribution in [2.75, 3.05) is 0 Å². The topological polar surface area (TPSA) is 40.9 Å². The predicted octanol–water partition coefficient (Wildman–Crippen LogP) is 3.56. The molecule has 0 bridgehead atoms. The normalized spacial score (nSPS) is 11.0. The second-order valence-electron chi connectivity index (χ2n) is 2.76. The third kappa shape index (κ3) is 2.65. The Morgan fingerprint density at radius 2 is 2.00 bits per heavy atom. The highest BCUT2D eigenvalue weighted by Gasteiger charge is 2.34. The number of alkyl halides is 3. The summed E-state index contributed by atoms with van der Waals surface area (Å²) in [5.74, 6) is 0. The number of carbonyl (C=O) groups excluding carboxylic acids is 1. The Morgan fingerprint density at radius 3 is 2.38 bits per heavy atom. The van der Waals surface area contributed by atoms with Crippen molar-refractivity contribution < 1.29 is 18.0 Å². The number of nitrogens with zero attached hydrogens (tertiary/aromatic N) is 1. The smallest absolute Gasteiger partial charge is 0.276 e. The monoisotopic (exact) mass is 359 g/mol. The van der Waals surface area contributed by atoms with Gasteiger partial charge >= 0.3 is 6.18 Å². The molecule has 0 heterocycles. The van der Waals surface area contributed by atoms with Gasteiger partial charge in [0.25, 0.3) is 5.24 Å². The molecule has 2 nitrogen and oxygen atoms in total. The van der Waals surface area contributed by atoms with Crippen molar-refractivity contribution in [2.24, 2.45) is 0 Å². The molecule has 0 radical (unpaired) electrons. The Hall–Kier alpha value is -0.810. The average Bonchev–Trinajstić information content (AvgIpc) is 2.15. The van der Waals surface area contributed by atoms with Gasteiger partial charge in [-0.1, -0.05) is 0 Å². The minimum Gasteiger partial charge on any atom is -0.276 e. The highest BCUT2D eigenvalue weighted by atomic mass is 127. The fourth-order valence-corrected chi connectivity index (χ4v) is 2.08. The lowest BCUT2D eigenvalue weighted by Gasteiger charge is -2.10. The van der Waals surface area contributed by atoms with E-state index in [0.717, 1.165) is 12.1 Å². The van der Waals surface area contributed by atoms with E-state index in [0.29, 0.717) is 0 Å². The number of carbonyl (C=O) groups is 1. The number of halogens is 5. The molecule has 1 rings (SSSR count). The van der Waals surface area contributed by atoms with Crippen LogP contribution in [0.15, 0.2) is 12.1 Å². The van der Waals surface area contributed by atoms with E-state index in [-0.39, 0.29) is 9.13 Å². The molecular formula is C9H2ClF3INO. The summed E-state index contributed by atoms with van der Waals surface area (Å²) in [5.41, 5.74) is -1.79. The van der Waals surface area contributed by atoms with Gasteiger partial charge < -0.3 is 0 Å². The molecule has 0 unspecified atom stereocenters. The molecule has 1 aromatic rings. The first-order chi connectivity index (χ1) is 7.27. The van der Waals surface area contributed by atoms with Gasteiger partial charge in [-0.25, -0.2) is 0 Å². The number of hydrogen-bond acceptors (Lipinski definition) is 2. The van der Waals surface area contributed by atoms with Crippen LogP contribution in [0.4, 0.5) is 13.2 Å². The van der Waals surface area contributed by atoms with E-state index in [1.54, 1.807) is 22.6 Å². The Kier molecular flexibility index (Phi) is 3.80. The van der Waals surface area contributed by atoms with Gasteiger partial charge in [0.1, 0.15) is 0 Å². The summed E-state index contributed by atoms with van der Waals surface area (Å²) in [7, 11) is 0. The van der Waals surface area contributed by atoms with Crippen molar-refractivity contribution in [3.8, 4) is 6.07 Å². The minimum absolute atomic E-state index is 0.0592. The standard InChI is InChI=1S/C9H2ClF3INO/c10-8(16)5-1-4(3-15)6(2-7(5)14)9(11,12)13/h1-2H. The second-order valence-corrected chi connectivity index (χ2v) is 4.27. The molecule has 0 spiro atoms. The third-order valence-corrected chi connectivity index (χ3v) is 2.84. The van der Waals surface area contributed by atoms with E-state index in [4.69, 9.17) is 16.9 Å². The largest absolute Gasteiger partial charge is 0.417 e. The van der Waals surface area contributed by atoms with Crippen molar-refractivity contribution in [3.63, 3.8) is 0 Å². The molecule has 0 N–H and O–H groups in total. The summed E-state index contributed by atoms with van der Waals surface area (Å²) in [5, 5.41) is 7.68. The van der Waals surface area contributed by atoms with E-state index in [9.17, 15) is 18.0 Å². The van der Waals surface area contributed by atoms with Crippen molar-refractivity contribution >= 4 is 39.4 Å². The van der Waals surface area contributed by atoms with Crippen LogP contribution in [0.2, 0.25) is 0 Å². The van der Waals surface area contributed by atoms with E-state index < -0.39 is 22.5 Å². The summed E-state index contributed by atoms with van der Waals surface area (Å²) in [6, 6.07) is 2.97. The highest BCUT2D eigenvalue weighted by Crippen LogP contribution is 2.34. The van der Waals surface area contributed by atoms with Crippen LogP contribution in [0, 0.1) is 14.9 Å². The van der Waals surface area contributed by atoms with Crippen LogP contribution in [-0.2, 0) is 6.18 Å². The van der Waals surface area contributed by atoms with Gasteiger partial charge in [-0.2, -0.15) is 18.4 Å². The van der Waals surface area contributed by atoms with Gasteiger partial charge in [-0.05, 0) is 46.3 Å². The lowest BCUT2D eigenvalue weighted by Crippen LogP contribution is -2.10. The maximum atomic E-state index is 12.5. The molecule has 0 atom stereocenters. The van der Waals surface area contributed by atoms with Gasteiger partial charge in [0.05, 0.1) is 17.2 Å². The van der Waals surface area contributed by atoms with Crippen molar-refractivity contribution in [3.05, 3.63) is 32.4 Å². The van der Waals surface area contributed by atoms with Crippen LogP contribution in [0.3, 0.4) is 0 Å². The van der Waals surface area contributed by atoms with E-state index in [2.05, 4.69) is 0 Å². The molecule has 0 saturated carbocycles. The van der Waals surface area contributed by atoms with E-state index in [1.807, 2.05) is 0 Å². The Balaban J connectivity index is 3.52. The summed E-state index contributed by atoms with van der Waals surface area (Å²) in [6.45, 7) is 0. The van der Waals surface area contributed by atoms with Gasteiger partial charge in [-0.3, -0.25) is 4.79 Å². The summed E-state index contributed by atoms with van der Waals surface area (Å²) < 4.78 is 37.5. The number of benzene rings is 1. The first-order valence-corrected chi connectivity index (χ1v) is 5.23. The van der Waals surface area contributed by atoms with Crippen molar-refractivity contribution in [1.82, 2.24) is 0 Å². The molecule has 0 aliphatic rings. The maximum absolute atomic E-state index is 12.5. The fraction of sp³-hybridized carbons (Fsp3) is 0.111. The third-order valence-electron chi connectivity index (χ3n) is 1.74. The molecule has 0 amide bonds. The molecule has 0 aliphatic carbocycles. The maximum Gasteiger partial charge on any atom is 0.417 e. The first-order valence-electron chi connectivity index (χ1n) is 3.78. The minimum atomic E-state index is -4.63. The zero-order valence-corrected chi connectivity index (χ0v) is 10.3. The first kappa shape index (κ1) is 13.3. The van der Waals surface area contributed by atoms with Gasteiger partial charge in [0, 0.05) is 9.13 Å². The molecular weight excluding hydrogens is 357 g/mol. The van der Waals surface area contributed by atoms with Crippen LogP contribution >= 0.6 is 34.2 Å². The Morgan fingerprint density at radius 1 is 1.44 bits per heavy atom. The Bertz CT molecular complexity index is 493. The second kappa shape index (κ2) is 4.59. The predicted molar refractivity (Wildman–Crippen MR) is 59.1 cm³/mol.